The van der Waals surface area contributed by atoms with Gasteiger partial charge in [-0.2, -0.15) is 5.10 Å². The van der Waals surface area contributed by atoms with Crippen LogP contribution in [0.15, 0.2) is 0 Å². The summed E-state index contributed by atoms with van der Waals surface area (Å²) in [6.45, 7) is 1.09. The van der Waals surface area contributed by atoms with Crippen molar-refractivity contribution in [2.24, 2.45) is 0 Å². The summed E-state index contributed by atoms with van der Waals surface area (Å²) in [5.74, 6) is 1.90. The zero-order valence-electron chi connectivity index (χ0n) is 9.18. The summed E-state index contributed by atoms with van der Waals surface area (Å²) in [4.78, 5) is 0. The van der Waals surface area contributed by atoms with E-state index in [4.69, 9.17) is 0 Å². The van der Waals surface area contributed by atoms with Crippen LogP contribution < -0.4 is 5.32 Å². The molecule has 1 aliphatic carbocycles. The van der Waals surface area contributed by atoms with E-state index >= 15 is 0 Å². The van der Waals surface area contributed by atoms with Crippen molar-refractivity contribution in [3.63, 3.8) is 0 Å². The Labute approximate surface area is 90.7 Å². The molecule has 15 heavy (non-hydrogen) atoms. The maximum atomic E-state index is 4.43. The first-order valence-electron chi connectivity index (χ1n) is 6.26. The minimum Gasteiger partial charge on any atom is -0.368 e. The second kappa shape index (κ2) is 3.87. The molecule has 1 aromatic rings. The lowest BCUT2D eigenvalue weighted by molar-refractivity contribution is 0.675. The number of H-pyrrole nitrogens is 1. The minimum atomic E-state index is 0.765. The molecule has 0 spiro atoms. The first-order valence-corrected chi connectivity index (χ1v) is 6.26. The van der Waals surface area contributed by atoms with Crippen LogP contribution in [0.1, 0.15) is 55.7 Å². The lowest BCUT2D eigenvalue weighted by Crippen LogP contribution is -1.99. The van der Waals surface area contributed by atoms with Gasteiger partial charge in [-0.15, -0.1) is 0 Å². The average Bonchev–Trinajstić information content (AvgIpc) is 2.83. The summed E-state index contributed by atoms with van der Waals surface area (Å²) in [6.07, 6.45) is 9.30. The molecule has 0 radical (unpaired) electrons. The third-order valence-corrected chi connectivity index (χ3v) is 3.81. The Morgan fingerprint density at radius 3 is 2.80 bits per heavy atom. The molecule has 3 rings (SSSR count). The van der Waals surface area contributed by atoms with Crippen molar-refractivity contribution in [3.8, 4) is 0 Å². The van der Waals surface area contributed by atoms with E-state index in [-0.39, 0.29) is 0 Å². The molecule has 1 aromatic heterocycles. The van der Waals surface area contributed by atoms with Crippen LogP contribution in [0.4, 0.5) is 5.82 Å². The topological polar surface area (TPSA) is 40.7 Å². The standard InChI is InChI=1S/C12H19N3/c1-2-6-9(5-1)11-10-7-3-4-8-13-12(10)15-14-11/h9H,1-8H2,(H2,13,14,15). The summed E-state index contributed by atoms with van der Waals surface area (Å²) in [6, 6.07) is 0. The van der Waals surface area contributed by atoms with Crippen LogP contribution in [0.25, 0.3) is 0 Å². The molecule has 0 bridgehead atoms. The van der Waals surface area contributed by atoms with Gasteiger partial charge in [-0.1, -0.05) is 12.8 Å². The molecule has 1 saturated carbocycles. The molecule has 82 valence electrons. The quantitative estimate of drug-likeness (QED) is 0.740. The third kappa shape index (κ3) is 1.64. The Kier molecular flexibility index (Phi) is 2.39. The van der Waals surface area contributed by atoms with Gasteiger partial charge in [0.2, 0.25) is 0 Å². The van der Waals surface area contributed by atoms with Gasteiger partial charge in [0, 0.05) is 23.7 Å². The predicted octanol–water partition coefficient (Wildman–Crippen LogP) is 2.82. The lowest BCUT2D eigenvalue weighted by atomic mass is 9.97. The highest BCUT2D eigenvalue weighted by atomic mass is 15.2. The number of nitrogens with one attached hydrogen (secondary N) is 2. The van der Waals surface area contributed by atoms with Gasteiger partial charge in [0.05, 0.1) is 0 Å². The molecule has 1 aliphatic heterocycles. The molecule has 2 heterocycles. The van der Waals surface area contributed by atoms with Crippen LogP contribution in [0.2, 0.25) is 0 Å². The second-order valence-electron chi connectivity index (χ2n) is 4.83. The normalized spacial score (nSPS) is 22.1. The Morgan fingerprint density at radius 2 is 1.93 bits per heavy atom. The maximum absolute atomic E-state index is 4.43. The van der Waals surface area contributed by atoms with Crippen LogP contribution in [-0.4, -0.2) is 16.7 Å². The number of rotatable bonds is 1. The Hall–Kier alpha value is -0.990. The molecule has 3 heteroatoms. The van der Waals surface area contributed by atoms with E-state index in [2.05, 4.69) is 15.5 Å². The van der Waals surface area contributed by atoms with E-state index in [0.29, 0.717) is 0 Å². The minimum absolute atomic E-state index is 0.765. The number of fused-ring (bicyclic) bond motifs is 1. The van der Waals surface area contributed by atoms with Crippen molar-refractivity contribution in [2.75, 3.05) is 11.9 Å². The van der Waals surface area contributed by atoms with E-state index in [1.54, 1.807) is 0 Å². The summed E-state index contributed by atoms with van der Waals surface area (Å²) in [5.41, 5.74) is 2.93. The van der Waals surface area contributed by atoms with Gasteiger partial charge in [0.1, 0.15) is 0 Å². The summed E-state index contributed by atoms with van der Waals surface area (Å²) >= 11 is 0. The fraction of sp³-hybridized carbons (Fsp3) is 0.750. The van der Waals surface area contributed by atoms with E-state index in [9.17, 15) is 0 Å². The zero-order chi connectivity index (χ0) is 10.1. The number of aromatic nitrogens is 2. The summed E-state index contributed by atoms with van der Waals surface area (Å²) < 4.78 is 0. The van der Waals surface area contributed by atoms with Crippen LogP contribution in [0.3, 0.4) is 0 Å². The fourth-order valence-electron chi connectivity index (χ4n) is 2.96. The molecule has 2 N–H and O–H groups in total. The van der Waals surface area contributed by atoms with E-state index in [1.807, 2.05) is 0 Å². The van der Waals surface area contributed by atoms with Gasteiger partial charge in [0.15, 0.2) is 5.82 Å². The highest BCUT2D eigenvalue weighted by Crippen LogP contribution is 2.37. The Morgan fingerprint density at radius 1 is 1.07 bits per heavy atom. The van der Waals surface area contributed by atoms with Gasteiger partial charge < -0.3 is 5.32 Å². The van der Waals surface area contributed by atoms with Crippen molar-refractivity contribution < 1.29 is 0 Å². The molecule has 0 unspecified atom stereocenters. The smallest absolute Gasteiger partial charge is 0.151 e. The molecule has 2 aliphatic rings. The number of hydrogen-bond acceptors (Lipinski definition) is 2. The van der Waals surface area contributed by atoms with Crippen LogP contribution >= 0.6 is 0 Å². The van der Waals surface area contributed by atoms with Gasteiger partial charge in [-0.3, -0.25) is 5.10 Å². The number of aromatic amines is 1. The molecule has 0 amide bonds. The monoisotopic (exact) mass is 205 g/mol. The van der Waals surface area contributed by atoms with Crippen LogP contribution in [0, 0.1) is 0 Å². The van der Waals surface area contributed by atoms with Crippen molar-refractivity contribution >= 4 is 5.82 Å². The molecule has 1 fully saturated rings. The Balaban J connectivity index is 1.91. The van der Waals surface area contributed by atoms with E-state index in [1.165, 1.54) is 56.2 Å². The lowest BCUT2D eigenvalue weighted by Gasteiger charge is -2.09. The second-order valence-corrected chi connectivity index (χ2v) is 4.83. The highest BCUT2D eigenvalue weighted by Gasteiger charge is 2.24. The van der Waals surface area contributed by atoms with Crippen molar-refractivity contribution in [1.82, 2.24) is 10.2 Å². The van der Waals surface area contributed by atoms with Crippen molar-refractivity contribution in [3.05, 3.63) is 11.3 Å². The molecule has 3 nitrogen and oxygen atoms in total. The predicted molar refractivity (Wildman–Crippen MR) is 61.2 cm³/mol. The SMILES string of the molecule is C1CCc2c(n[nH]c2C2CCCC2)NC1. The summed E-state index contributed by atoms with van der Waals surface area (Å²) in [7, 11) is 0. The van der Waals surface area contributed by atoms with Crippen molar-refractivity contribution in [2.45, 2.75) is 50.9 Å². The molecular formula is C12H19N3. The zero-order valence-corrected chi connectivity index (χ0v) is 9.18. The number of anilines is 1. The van der Waals surface area contributed by atoms with E-state index < -0.39 is 0 Å². The summed E-state index contributed by atoms with van der Waals surface area (Å²) in [5, 5.41) is 11.1. The van der Waals surface area contributed by atoms with Crippen molar-refractivity contribution in [1.29, 1.82) is 0 Å². The fourth-order valence-corrected chi connectivity index (χ4v) is 2.96. The van der Waals surface area contributed by atoms with E-state index in [0.717, 1.165) is 18.3 Å². The molecule has 0 saturated heterocycles. The maximum Gasteiger partial charge on any atom is 0.151 e. The van der Waals surface area contributed by atoms with Crippen LogP contribution in [0.5, 0.6) is 0 Å². The first kappa shape index (κ1) is 9.25. The van der Waals surface area contributed by atoms with Crippen LogP contribution in [-0.2, 0) is 6.42 Å². The molecule has 0 aromatic carbocycles. The van der Waals surface area contributed by atoms with Gasteiger partial charge in [-0.25, -0.2) is 0 Å². The Bertz CT molecular complexity index is 337. The number of hydrogen-bond donors (Lipinski definition) is 2. The first-order chi connectivity index (χ1) is 7.45. The number of nitrogens with zero attached hydrogens (tertiary/aromatic N) is 1. The van der Waals surface area contributed by atoms with Gasteiger partial charge >= 0.3 is 0 Å². The average molecular weight is 205 g/mol. The van der Waals surface area contributed by atoms with Gasteiger partial charge in [0.25, 0.3) is 0 Å². The molecule has 0 atom stereocenters. The van der Waals surface area contributed by atoms with Gasteiger partial charge in [-0.05, 0) is 32.1 Å². The molecular weight excluding hydrogens is 186 g/mol. The highest BCUT2D eigenvalue weighted by molar-refractivity contribution is 5.48. The third-order valence-electron chi connectivity index (χ3n) is 3.81. The largest absolute Gasteiger partial charge is 0.368 e.